The minimum Gasteiger partial charge on any atom is -0.497 e. The third-order valence-corrected chi connectivity index (χ3v) is 3.55. The zero-order chi connectivity index (χ0) is 15.2. The largest absolute Gasteiger partial charge is 0.497 e. The molecule has 0 aliphatic carbocycles. The quantitative estimate of drug-likeness (QED) is 0.903. The molecule has 1 aliphatic heterocycles. The zero-order valence-electron chi connectivity index (χ0n) is 12.5. The second-order valence-electron chi connectivity index (χ2n) is 5.01. The molecule has 0 unspecified atom stereocenters. The van der Waals surface area contributed by atoms with E-state index in [1.807, 2.05) is 18.2 Å². The highest BCUT2D eigenvalue weighted by atomic mass is 16.5. The van der Waals surface area contributed by atoms with Gasteiger partial charge in [-0.15, -0.1) is 0 Å². The predicted molar refractivity (Wildman–Crippen MR) is 80.5 cm³/mol. The number of amides is 3. The minimum atomic E-state index is -0.145. The minimum absolute atomic E-state index is 0.0602. The number of nitrogens with zero attached hydrogens (tertiary/aromatic N) is 2. The van der Waals surface area contributed by atoms with Crippen molar-refractivity contribution in [1.29, 1.82) is 0 Å². The van der Waals surface area contributed by atoms with Gasteiger partial charge in [0.05, 0.1) is 7.11 Å². The lowest BCUT2D eigenvalue weighted by Gasteiger charge is -2.21. The molecule has 3 amide bonds. The normalized spacial score (nSPS) is 15.3. The van der Waals surface area contributed by atoms with Crippen LogP contribution in [0.1, 0.15) is 13.3 Å². The van der Waals surface area contributed by atoms with Crippen LogP contribution in [0.5, 0.6) is 5.75 Å². The van der Waals surface area contributed by atoms with E-state index in [0.717, 1.165) is 6.42 Å². The first-order valence-electron chi connectivity index (χ1n) is 7.05. The lowest BCUT2D eigenvalue weighted by Crippen LogP contribution is -2.38. The van der Waals surface area contributed by atoms with Crippen molar-refractivity contribution in [2.24, 2.45) is 0 Å². The number of nitrogens with one attached hydrogen (secondary N) is 1. The summed E-state index contributed by atoms with van der Waals surface area (Å²) in [7, 11) is 1.59. The molecule has 1 aliphatic rings. The number of urea groups is 1. The van der Waals surface area contributed by atoms with Crippen molar-refractivity contribution in [3.8, 4) is 5.75 Å². The van der Waals surface area contributed by atoms with Gasteiger partial charge in [-0.1, -0.05) is 6.07 Å². The van der Waals surface area contributed by atoms with Crippen molar-refractivity contribution >= 4 is 17.6 Å². The maximum absolute atomic E-state index is 12.3. The Morgan fingerprint density at radius 1 is 1.14 bits per heavy atom. The molecule has 0 atom stereocenters. The van der Waals surface area contributed by atoms with Crippen LogP contribution >= 0.6 is 0 Å². The van der Waals surface area contributed by atoms with Crippen LogP contribution in [0.25, 0.3) is 0 Å². The highest BCUT2D eigenvalue weighted by Crippen LogP contribution is 2.17. The number of carbonyl (C=O) groups is 2. The Hall–Kier alpha value is -2.24. The number of anilines is 1. The van der Waals surface area contributed by atoms with Gasteiger partial charge in [-0.05, 0) is 18.6 Å². The van der Waals surface area contributed by atoms with Crippen LogP contribution in [0.2, 0.25) is 0 Å². The summed E-state index contributed by atoms with van der Waals surface area (Å²) in [6.07, 6.45) is 0.797. The highest BCUT2D eigenvalue weighted by Gasteiger charge is 2.20. The fraction of sp³-hybridized carbons (Fsp3) is 0.467. The first-order chi connectivity index (χ1) is 10.1. The van der Waals surface area contributed by atoms with Gasteiger partial charge in [0.1, 0.15) is 5.75 Å². The van der Waals surface area contributed by atoms with Gasteiger partial charge in [-0.3, -0.25) is 4.79 Å². The molecule has 1 saturated heterocycles. The molecule has 0 radical (unpaired) electrons. The van der Waals surface area contributed by atoms with Crippen LogP contribution in [0.3, 0.4) is 0 Å². The SMILES string of the molecule is COc1cccc(NC(=O)N2CCCN(C(C)=O)CC2)c1. The van der Waals surface area contributed by atoms with Gasteiger partial charge in [-0.2, -0.15) is 0 Å². The summed E-state index contributed by atoms with van der Waals surface area (Å²) >= 11 is 0. The van der Waals surface area contributed by atoms with Crippen LogP contribution in [-0.4, -0.2) is 55.0 Å². The van der Waals surface area contributed by atoms with Gasteiger partial charge in [0, 0.05) is 44.9 Å². The molecule has 1 aromatic rings. The van der Waals surface area contributed by atoms with Crippen molar-refractivity contribution in [1.82, 2.24) is 9.80 Å². The molecule has 0 aromatic heterocycles. The summed E-state index contributed by atoms with van der Waals surface area (Å²) in [6.45, 7) is 4.06. The summed E-state index contributed by atoms with van der Waals surface area (Å²) in [5, 5.41) is 2.86. The molecule has 1 N–H and O–H groups in total. The molecule has 0 spiro atoms. The van der Waals surface area contributed by atoms with Crippen LogP contribution < -0.4 is 10.1 Å². The van der Waals surface area contributed by atoms with Crippen LogP contribution in [-0.2, 0) is 4.79 Å². The molecule has 1 aromatic carbocycles. The van der Waals surface area contributed by atoms with Crippen LogP contribution in [0, 0.1) is 0 Å². The predicted octanol–water partition coefficient (Wildman–Crippen LogP) is 1.78. The van der Waals surface area contributed by atoms with E-state index in [9.17, 15) is 9.59 Å². The summed E-state index contributed by atoms with van der Waals surface area (Å²) in [5.41, 5.74) is 0.701. The summed E-state index contributed by atoms with van der Waals surface area (Å²) in [6, 6.07) is 7.10. The lowest BCUT2D eigenvalue weighted by molar-refractivity contribution is -0.128. The van der Waals surface area contributed by atoms with Gasteiger partial charge < -0.3 is 19.9 Å². The standard InChI is InChI=1S/C15H21N3O3/c1-12(19)17-7-4-8-18(10-9-17)15(20)16-13-5-3-6-14(11-13)21-2/h3,5-6,11H,4,7-10H2,1-2H3,(H,16,20). The van der Waals surface area contributed by atoms with E-state index in [2.05, 4.69) is 5.32 Å². The molecule has 6 heteroatoms. The fourth-order valence-electron chi connectivity index (χ4n) is 2.34. The van der Waals surface area contributed by atoms with E-state index in [4.69, 9.17) is 4.74 Å². The number of hydrogen-bond donors (Lipinski definition) is 1. The number of ether oxygens (including phenoxy) is 1. The zero-order valence-corrected chi connectivity index (χ0v) is 12.5. The van der Waals surface area contributed by atoms with E-state index < -0.39 is 0 Å². The van der Waals surface area contributed by atoms with E-state index in [0.29, 0.717) is 37.6 Å². The lowest BCUT2D eigenvalue weighted by atomic mass is 10.3. The molecule has 114 valence electrons. The van der Waals surface area contributed by atoms with E-state index in [1.165, 1.54) is 0 Å². The smallest absolute Gasteiger partial charge is 0.321 e. The molecule has 1 heterocycles. The molecular weight excluding hydrogens is 270 g/mol. The van der Waals surface area contributed by atoms with Crippen molar-refractivity contribution in [3.63, 3.8) is 0 Å². The number of hydrogen-bond acceptors (Lipinski definition) is 3. The second-order valence-corrected chi connectivity index (χ2v) is 5.01. The summed E-state index contributed by atoms with van der Waals surface area (Å²) in [5.74, 6) is 0.761. The average molecular weight is 291 g/mol. The second kappa shape index (κ2) is 6.97. The Balaban J connectivity index is 1.95. The Labute approximate surface area is 124 Å². The topological polar surface area (TPSA) is 61.9 Å². The van der Waals surface area contributed by atoms with Crippen molar-refractivity contribution in [2.45, 2.75) is 13.3 Å². The average Bonchev–Trinajstić information content (AvgIpc) is 2.73. The molecule has 1 fully saturated rings. The Morgan fingerprint density at radius 2 is 1.86 bits per heavy atom. The molecule has 6 nitrogen and oxygen atoms in total. The maximum Gasteiger partial charge on any atom is 0.321 e. The van der Waals surface area contributed by atoms with Crippen molar-refractivity contribution < 1.29 is 14.3 Å². The Kier molecular flexibility index (Phi) is 5.03. The first kappa shape index (κ1) is 15.2. The summed E-state index contributed by atoms with van der Waals surface area (Å²) in [4.78, 5) is 27.2. The first-order valence-corrected chi connectivity index (χ1v) is 7.05. The van der Waals surface area contributed by atoms with Gasteiger partial charge in [-0.25, -0.2) is 4.79 Å². The third kappa shape index (κ3) is 4.11. The fourth-order valence-corrected chi connectivity index (χ4v) is 2.34. The van der Waals surface area contributed by atoms with Crippen molar-refractivity contribution in [2.75, 3.05) is 38.6 Å². The maximum atomic E-state index is 12.3. The molecule has 0 bridgehead atoms. The molecular formula is C15H21N3O3. The van der Waals surface area contributed by atoms with Crippen LogP contribution in [0.4, 0.5) is 10.5 Å². The Bertz CT molecular complexity index is 519. The van der Waals surface area contributed by atoms with E-state index in [1.54, 1.807) is 29.9 Å². The number of rotatable bonds is 2. The van der Waals surface area contributed by atoms with E-state index >= 15 is 0 Å². The molecule has 21 heavy (non-hydrogen) atoms. The summed E-state index contributed by atoms with van der Waals surface area (Å²) < 4.78 is 5.13. The van der Waals surface area contributed by atoms with Crippen molar-refractivity contribution in [3.05, 3.63) is 24.3 Å². The number of carbonyl (C=O) groups excluding carboxylic acids is 2. The Morgan fingerprint density at radius 3 is 2.57 bits per heavy atom. The monoisotopic (exact) mass is 291 g/mol. The van der Waals surface area contributed by atoms with Crippen LogP contribution in [0.15, 0.2) is 24.3 Å². The number of methoxy groups -OCH3 is 1. The van der Waals surface area contributed by atoms with E-state index in [-0.39, 0.29) is 11.9 Å². The molecule has 2 rings (SSSR count). The highest BCUT2D eigenvalue weighted by molar-refractivity contribution is 5.89. The third-order valence-electron chi connectivity index (χ3n) is 3.55. The number of benzene rings is 1. The van der Waals surface area contributed by atoms with Gasteiger partial charge in [0.15, 0.2) is 0 Å². The van der Waals surface area contributed by atoms with Gasteiger partial charge in [0.25, 0.3) is 0 Å². The van der Waals surface area contributed by atoms with Gasteiger partial charge >= 0.3 is 6.03 Å². The molecule has 0 saturated carbocycles. The van der Waals surface area contributed by atoms with Gasteiger partial charge in [0.2, 0.25) is 5.91 Å².